The fourth-order valence-corrected chi connectivity index (χ4v) is 3.01. The van der Waals surface area contributed by atoms with Crippen molar-refractivity contribution in [1.29, 1.82) is 0 Å². The Morgan fingerprint density at radius 2 is 2.00 bits per heavy atom. The third kappa shape index (κ3) is 3.97. The Bertz CT molecular complexity index is 788. The number of amides is 2. The van der Waals surface area contributed by atoms with E-state index in [2.05, 4.69) is 20.6 Å². The largest absolute Gasteiger partial charge is 0.433 e. The summed E-state index contributed by atoms with van der Waals surface area (Å²) in [7, 11) is 0. The monoisotopic (exact) mass is 367 g/mol. The van der Waals surface area contributed by atoms with Gasteiger partial charge in [-0.15, -0.1) is 0 Å². The number of rotatable bonds is 3. The molecule has 3 rings (SSSR count). The average Bonchev–Trinajstić information content (AvgIpc) is 2.61. The summed E-state index contributed by atoms with van der Waals surface area (Å²) in [4.78, 5) is 21.5. The molecule has 3 heterocycles. The van der Waals surface area contributed by atoms with Crippen molar-refractivity contribution in [3.8, 4) is 0 Å². The Hall–Kier alpha value is -2.58. The van der Waals surface area contributed by atoms with Crippen LogP contribution in [0, 0.1) is 0 Å². The van der Waals surface area contributed by atoms with E-state index in [1.165, 1.54) is 18.3 Å². The minimum atomic E-state index is -4.48. The first-order chi connectivity index (χ1) is 12.4. The van der Waals surface area contributed by atoms with Crippen LogP contribution in [-0.4, -0.2) is 46.6 Å². The SMILES string of the molecule is CCNC(=O)N1CCC(Nc2nccc3nc(C(F)(F)F)ccc23)CC1. The molecule has 26 heavy (non-hydrogen) atoms. The van der Waals surface area contributed by atoms with Crippen LogP contribution in [0.5, 0.6) is 0 Å². The van der Waals surface area contributed by atoms with Gasteiger partial charge in [-0.25, -0.2) is 14.8 Å². The lowest BCUT2D eigenvalue weighted by Crippen LogP contribution is -2.46. The van der Waals surface area contributed by atoms with Crippen molar-refractivity contribution < 1.29 is 18.0 Å². The van der Waals surface area contributed by atoms with Crippen molar-refractivity contribution in [1.82, 2.24) is 20.2 Å². The van der Waals surface area contributed by atoms with Crippen molar-refractivity contribution in [2.75, 3.05) is 25.0 Å². The standard InChI is InChI=1S/C17H20F3N5O/c1-2-21-16(26)25-9-6-11(7-10-25)23-15-12-3-4-14(17(18,19)20)24-13(12)5-8-22-15/h3-5,8,11H,2,6-7,9-10H2,1H3,(H,21,26)(H,22,23). The molecule has 2 aromatic heterocycles. The molecule has 9 heteroatoms. The number of nitrogens with one attached hydrogen (secondary N) is 2. The zero-order chi connectivity index (χ0) is 18.7. The highest BCUT2D eigenvalue weighted by Crippen LogP contribution is 2.30. The van der Waals surface area contributed by atoms with Crippen molar-refractivity contribution >= 4 is 22.8 Å². The fraction of sp³-hybridized carbons (Fsp3) is 0.471. The average molecular weight is 367 g/mol. The summed E-state index contributed by atoms with van der Waals surface area (Å²) in [5.74, 6) is 0.514. The van der Waals surface area contributed by atoms with Crippen LogP contribution in [0.4, 0.5) is 23.8 Å². The number of carbonyl (C=O) groups excluding carboxylic acids is 1. The Kier molecular flexibility index (Phi) is 5.15. The smallest absolute Gasteiger partial charge is 0.367 e. The van der Waals surface area contributed by atoms with Gasteiger partial charge >= 0.3 is 12.2 Å². The van der Waals surface area contributed by atoms with Gasteiger partial charge in [-0.1, -0.05) is 0 Å². The van der Waals surface area contributed by atoms with E-state index in [0.29, 0.717) is 30.8 Å². The lowest BCUT2D eigenvalue weighted by molar-refractivity contribution is -0.140. The maximum atomic E-state index is 12.8. The highest BCUT2D eigenvalue weighted by Gasteiger charge is 2.32. The Balaban J connectivity index is 1.71. The molecule has 1 aliphatic heterocycles. The third-order valence-electron chi connectivity index (χ3n) is 4.36. The van der Waals surface area contributed by atoms with E-state index in [4.69, 9.17) is 0 Å². The second kappa shape index (κ2) is 7.35. The van der Waals surface area contributed by atoms with E-state index < -0.39 is 11.9 Å². The van der Waals surface area contributed by atoms with Crippen molar-refractivity contribution in [3.63, 3.8) is 0 Å². The summed E-state index contributed by atoms with van der Waals surface area (Å²) in [6.07, 6.45) is -1.55. The van der Waals surface area contributed by atoms with Gasteiger partial charge in [0.25, 0.3) is 0 Å². The van der Waals surface area contributed by atoms with Gasteiger partial charge in [0.1, 0.15) is 11.5 Å². The van der Waals surface area contributed by atoms with Gasteiger partial charge < -0.3 is 15.5 Å². The molecule has 6 nitrogen and oxygen atoms in total. The van der Waals surface area contributed by atoms with E-state index in [0.717, 1.165) is 18.9 Å². The molecule has 0 saturated carbocycles. The van der Waals surface area contributed by atoms with Gasteiger partial charge in [-0.3, -0.25) is 0 Å². The van der Waals surface area contributed by atoms with Gasteiger partial charge in [-0.2, -0.15) is 13.2 Å². The van der Waals surface area contributed by atoms with Gasteiger partial charge in [0, 0.05) is 37.3 Å². The number of pyridine rings is 2. The van der Waals surface area contributed by atoms with Crippen molar-refractivity contribution in [2.45, 2.75) is 32.0 Å². The summed E-state index contributed by atoms with van der Waals surface area (Å²) in [5.41, 5.74) is -0.672. The van der Waals surface area contributed by atoms with Gasteiger partial charge in [-0.05, 0) is 38.0 Å². The van der Waals surface area contributed by atoms with Crippen LogP contribution in [0.1, 0.15) is 25.5 Å². The van der Waals surface area contributed by atoms with Crippen molar-refractivity contribution in [2.24, 2.45) is 0 Å². The quantitative estimate of drug-likeness (QED) is 0.874. The summed E-state index contributed by atoms with van der Waals surface area (Å²) < 4.78 is 38.4. The van der Waals surface area contributed by atoms with Crippen LogP contribution in [0.2, 0.25) is 0 Å². The predicted octanol–water partition coefficient (Wildman–Crippen LogP) is 3.25. The van der Waals surface area contributed by atoms with E-state index >= 15 is 0 Å². The predicted molar refractivity (Wildman–Crippen MR) is 91.8 cm³/mol. The molecule has 2 amide bonds. The Morgan fingerprint density at radius 3 is 2.65 bits per heavy atom. The van der Waals surface area contributed by atoms with E-state index in [-0.39, 0.29) is 17.6 Å². The number of hydrogen-bond acceptors (Lipinski definition) is 4. The maximum absolute atomic E-state index is 12.8. The molecular formula is C17H20F3N5O. The van der Waals surface area contributed by atoms with Gasteiger partial charge in [0.05, 0.1) is 5.52 Å². The molecule has 1 aliphatic rings. The number of hydrogen-bond donors (Lipinski definition) is 2. The highest BCUT2D eigenvalue weighted by molar-refractivity contribution is 5.89. The van der Waals surface area contributed by atoms with Crippen LogP contribution >= 0.6 is 0 Å². The topological polar surface area (TPSA) is 70.2 Å². The summed E-state index contributed by atoms with van der Waals surface area (Å²) in [6.45, 7) is 3.69. The number of likely N-dealkylation sites (tertiary alicyclic amines) is 1. The first kappa shape index (κ1) is 18.2. The number of piperidine rings is 1. The molecule has 1 saturated heterocycles. The van der Waals surface area contributed by atoms with Crippen LogP contribution in [0.25, 0.3) is 10.9 Å². The number of anilines is 1. The Morgan fingerprint density at radius 1 is 1.27 bits per heavy atom. The van der Waals surface area contributed by atoms with Crippen LogP contribution in [0.15, 0.2) is 24.4 Å². The van der Waals surface area contributed by atoms with Crippen LogP contribution in [0.3, 0.4) is 0 Å². The number of fused-ring (bicyclic) bond motifs is 1. The number of carbonyl (C=O) groups is 1. The number of nitrogens with zero attached hydrogens (tertiary/aromatic N) is 3. The lowest BCUT2D eigenvalue weighted by atomic mass is 10.0. The normalized spacial score (nSPS) is 15.9. The molecule has 0 spiro atoms. The van der Waals surface area contributed by atoms with E-state index in [1.54, 1.807) is 4.90 Å². The van der Waals surface area contributed by atoms with E-state index in [9.17, 15) is 18.0 Å². The van der Waals surface area contributed by atoms with Gasteiger partial charge in [0.15, 0.2) is 0 Å². The maximum Gasteiger partial charge on any atom is 0.433 e. The molecule has 2 N–H and O–H groups in total. The third-order valence-corrected chi connectivity index (χ3v) is 4.36. The minimum absolute atomic E-state index is 0.0712. The lowest BCUT2D eigenvalue weighted by Gasteiger charge is -2.32. The molecule has 0 unspecified atom stereocenters. The Labute approximate surface area is 148 Å². The van der Waals surface area contributed by atoms with Crippen molar-refractivity contribution in [3.05, 3.63) is 30.1 Å². The molecular weight excluding hydrogens is 347 g/mol. The first-order valence-corrected chi connectivity index (χ1v) is 8.50. The molecule has 0 bridgehead atoms. The van der Waals surface area contributed by atoms with Crippen LogP contribution in [-0.2, 0) is 6.18 Å². The molecule has 1 fully saturated rings. The number of halogens is 3. The number of alkyl halides is 3. The van der Waals surface area contributed by atoms with Gasteiger partial charge in [0.2, 0.25) is 0 Å². The molecule has 0 atom stereocenters. The summed E-state index contributed by atoms with van der Waals surface area (Å²) in [5, 5.41) is 6.61. The molecule has 0 aliphatic carbocycles. The summed E-state index contributed by atoms with van der Waals surface area (Å²) in [6, 6.07) is 3.85. The van der Waals surface area contributed by atoms with Crippen LogP contribution < -0.4 is 10.6 Å². The fourth-order valence-electron chi connectivity index (χ4n) is 3.01. The molecule has 140 valence electrons. The first-order valence-electron chi connectivity index (χ1n) is 8.50. The van der Waals surface area contributed by atoms with E-state index in [1.807, 2.05) is 6.92 Å². The summed E-state index contributed by atoms with van der Waals surface area (Å²) >= 11 is 0. The second-order valence-electron chi connectivity index (χ2n) is 6.16. The molecule has 2 aromatic rings. The highest BCUT2D eigenvalue weighted by atomic mass is 19.4. The minimum Gasteiger partial charge on any atom is -0.367 e. The molecule has 0 aromatic carbocycles. The number of urea groups is 1. The molecule has 0 radical (unpaired) electrons. The zero-order valence-electron chi connectivity index (χ0n) is 14.3. The zero-order valence-corrected chi connectivity index (χ0v) is 14.3. The number of aromatic nitrogens is 2. The second-order valence-corrected chi connectivity index (χ2v) is 6.16.